The molecule has 1 heterocycles. The highest BCUT2D eigenvalue weighted by Crippen LogP contribution is 2.39. The third kappa shape index (κ3) is 2.34. The summed E-state index contributed by atoms with van der Waals surface area (Å²) in [5.74, 6) is 1.31. The highest BCUT2D eigenvalue weighted by Gasteiger charge is 2.27. The van der Waals surface area contributed by atoms with Crippen molar-refractivity contribution in [3.8, 4) is 11.5 Å². The quantitative estimate of drug-likeness (QED) is 0.780. The van der Waals surface area contributed by atoms with Gasteiger partial charge in [0.15, 0.2) is 0 Å². The van der Waals surface area contributed by atoms with Crippen LogP contribution in [0.15, 0.2) is 0 Å². The Kier molecular flexibility index (Phi) is 3.57. The van der Waals surface area contributed by atoms with Gasteiger partial charge in [-0.3, -0.25) is 4.79 Å². The molecule has 0 aliphatic carbocycles. The van der Waals surface area contributed by atoms with Crippen molar-refractivity contribution in [1.29, 1.82) is 0 Å². The van der Waals surface area contributed by atoms with E-state index in [4.69, 9.17) is 4.74 Å². The molecular weight excluding hydrogens is 240 g/mol. The van der Waals surface area contributed by atoms with E-state index in [1.807, 2.05) is 34.6 Å². The van der Waals surface area contributed by atoms with Crippen LogP contribution in [0, 0.1) is 26.7 Å². The summed E-state index contributed by atoms with van der Waals surface area (Å²) >= 11 is 0. The van der Waals surface area contributed by atoms with Gasteiger partial charge in [0.05, 0.1) is 6.10 Å². The lowest BCUT2D eigenvalue weighted by atomic mass is 9.88. The molecule has 0 bridgehead atoms. The van der Waals surface area contributed by atoms with E-state index in [-0.39, 0.29) is 23.6 Å². The molecule has 1 aliphatic rings. The van der Waals surface area contributed by atoms with Crippen LogP contribution in [0.2, 0.25) is 0 Å². The van der Waals surface area contributed by atoms with E-state index in [1.165, 1.54) is 0 Å². The number of Topliss-reactive ketones (excluding diaryl/α,β-unsaturated/α-hetero) is 1. The molecule has 0 aromatic heterocycles. The summed E-state index contributed by atoms with van der Waals surface area (Å²) in [5.41, 5.74) is 3.40. The van der Waals surface area contributed by atoms with Gasteiger partial charge in [0.2, 0.25) is 0 Å². The maximum absolute atomic E-state index is 12.2. The van der Waals surface area contributed by atoms with Crippen LogP contribution in [-0.2, 0) is 11.2 Å². The molecule has 0 spiro atoms. The van der Waals surface area contributed by atoms with Gasteiger partial charge in [-0.2, -0.15) is 0 Å². The second-order valence-electron chi connectivity index (χ2n) is 5.74. The molecule has 1 aliphatic heterocycles. The molecule has 0 amide bonds. The largest absolute Gasteiger partial charge is 0.507 e. The molecule has 3 nitrogen and oxygen atoms in total. The fourth-order valence-corrected chi connectivity index (χ4v) is 2.77. The summed E-state index contributed by atoms with van der Waals surface area (Å²) in [6.45, 7) is 9.62. The fraction of sp³-hybridized carbons (Fsp3) is 0.562. The van der Waals surface area contributed by atoms with E-state index in [9.17, 15) is 9.90 Å². The van der Waals surface area contributed by atoms with Gasteiger partial charge in [0, 0.05) is 17.9 Å². The molecule has 0 radical (unpaired) electrons. The highest BCUT2D eigenvalue weighted by molar-refractivity contribution is 5.85. The Labute approximate surface area is 114 Å². The molecule has 1 N–H and O–H groups in total. The maximum atomic E-state index is 12.2. The molecule has 0 saturated carbocycles. The summed E-state index contributed by atoms with van der Waals surface area (Å²) in [6, 6.07) is 0. The van der Waals surface area contributed by atoms with E-state index in [1.54, 1.807) is 0 Å². The van der Waals surface area contributed by atoms with E-state index in [0.717, 1.165) is 34.4 Å². The number of phenols is 1. The van der Waals surface area contributed by atoms with Gasteiger partial charge in [-0.1, -0.05) is 6.92 Å². The first-order valence-electron chi connectivity index (χ1n) is 6.83. The molecular formula is C16H22O3. The van der Waals surface area contributed by atoms with Gasteiger partial charge < -0.3 is 9.84 Å². The SMILES string of the molecule is Cc1c(C)c2c(c(C)c1O)CC(=O)C(C)CC(C)O2. The van der Waals surface area contributed by atoms with Gasteiger partial charge >= 0.3 is 0 Å². The van der Waals surface area contributed by atoms with Crippen LogP contribution in [0.25, 0.3) is 0 Å². The minimum Gasteiger partial charge on any atom is -0.507 e. The van der Waals surface area contributed by atoms with Crippen molar-refractivity contribution < 1.29 is 14.6 Å². The zero-order chi connectivity index (χ0) is 14.3. The second-order valence-corrected chi connectivity index (χ2v) is 5.74. The number of carbonyl (C=O) groups excluding carboxylic acids is 1. The number of fused-ring (bicyclic) bond motifs is 1. The van der Waals surface area contributed by atoms with Gasteiger partial charge in [-0.05, 0) is 50.8 Å². The lowest BCUT2D eigenvalue weighted by Crippen LogP contribution is -2.26. The molecule has 104 valence electrons. The minimum atomic E-state index is 0.00584. The van der Waals surface area contributed by atoms with E-state index < -0.39 is 0 Å². The Hall–Kier alpha value is -1.51. The Morgan fingerprint density at radius 2 is 1.74 bits per heavy atom. The second kappa shape index (κ2) is 4.87. The van der Waals surface area contributed by atoms with Crippen LogP contribution < -0.4 is 4.74 Å². The van der Waals surface area contributed by atoms with Crippen LogP contribution in [-0.4, -0.2) is 17.0 Å². The number of benzene rings is 1. The highest BCUT2D eigenvalue weighted by atomic mass is 16.5. The molecule has 0 saturated heterocycles. The predicted octanol–water partition coefficient (Wildman–Crippen LogP) is 3.24. The Morgan fingerprint density at radius 1 is 1.11 bits per heavy atom. The summed E-state index contributed by atoms with van der Waals surface area (Å²) in [5, 5.41) is 10.2. The summed E-state index contributed by atoms with van der Waals surface area (Å²) in [4.78, 5) is 12.2. The number of ether oxygens (including phenoxy) is 1. The fourth-order valence-electron chi connectivity index (χ4n) is 2.77. The minimum absolute atomic E-state index is 0.00584. The van der Waals surface area contributed by atoms with E-state index in [2.05, 4.69) is 0 Å². The average molecular weight is 262 g/mol. The zero-order valence-electron chi connectivity index (χ0n) is 12.3. The van der Waals surface area contributed by atoms with E-state index in [0.29, 0.717) is 6.42 Å². The van der Waals surface area contributed by atoms with Gasteiger partial charge in [-0.25, -0.2) is 0 Å². The molecule has 2 atom stereocenters. The Balaban J connectivity index is 2.64. The van der Waals surface area contributed by atoms with Crippen molar-refractivity contribution in [2.24, 2.45) is 5.92 Å². The maximum Gasteiger partial charge on any atom is 0.140 e. The topological polar surface area (TPSA) is 46.5 Å². The van der Waals surface area contributed by atoms with Crippen LogP contribution >= 0.6 is 0 Å². The van der Waals surface area contributed by atoms with Gasteiger partial charge in [-0.15, -0.1) is 0 Å². The van der Waals surface area contributed by atoms with Crippen molar-refractivity contribution >= 4 is 5.78 Å². The van der Waals surface area contributed by atoms with Gasteiger partial charge in [0.25, 0.3) is 0 Å². The lowest BCUT2D eigenvalue weighted by Gasteiger charge is -2.27. The number of rotatable bonds is 0. The predicted molar refractivity (Wildman–Crippen MR) is 74.9 cm³/mol. The number of aromatic hydroxyl groups is 1. The Bertz CT molecular complexity index is 532. The third-order valence-electron chi connectivity index (χ3n) is 4.25. The van der Waals surface area contributed by atoms with Crippen LogP contribution in [0.1, 0.15) is 42.5 Å². The van der Waals surface area contributed by atoms with E-state index >= 15 is 0 Å². The van der Waals surface area contributed by atoms with Crippen molar-refractivity contribution in [1.82, 2.24) is 0 Å². The van der Waals surface area contributed by atoms with Crippen molar-refractivity contribution in [2.45, 2.75) is 53.6 Å². The van der Waals surface area contributed by atoms with Gasteiger partial charge in [0.1, 0.15) is 17.3 Å². The summed E-state index contributed by atoms with van der Waals surface area (Å²) < 4.78 is 6.04. The molecule has 1 aromatic carbocycles. The third-order valence-corrected chi connectivity index (χ3v) is 4.25. The number of hydrogen-bond donors (Lipinski definition) is 1. The molecule has 2 unspecified atom stereocenters. The molecule has 2 rings (SSSR count). The monoisotopic (exact) mass is 262 g/mol. The number of ketones is 1. The average Bonchev–Trinajstić information content (AvgIpc) is 2.36. The smallest absolute Gasteiger partial charge is 0.140 e. The molecule has 0 fully saturated rings. The number of phenolic OH excluding ortho intramolecular Hbond substituents is 1. The standard InChI is InChI=1S/C16H22O3/c1-8-6-9(2)19-16-11(4)10(3)15(18)12(5)13(16)7-14(8)17/h8-9,18H,6-7H2,1-5H3. The van der Waals surface area contributed by atoms with Crippen molar-refractivity contribution in [2.75, 3.05) is 0 Å². The number of hydrogen-bond acceptors (Lipinski definition) is 3. The first-order valence-corrected chi connectivity index (χ1v) is 6.83. The lowest BCUT2D eigenvalue weighted by molar-refractivity contribution is -0.122. The summed E-state index contributed by atoms with van der Waals surface area (Å²) in [7, 11) is 0. The van der Waals surface area contributed by atoms with Crippen LogP contribution in [0.5, 0.6) is 11.5 Å². The Morgan fingerprint density at radius 3 is 2.37 bits per heavy atom. The normalized spacial score (nSPS) is 23.3. The molecule has 19 heavy (non-hydrogen) atoms. The summed E-state index contributed by atoms with van der Waals surface area (Å²) in [6.07, 6.45) is 1.11. The molecule has 1 aromatic rings. The first kappa shape index (κ1) is 13.9. The number of carbonyl (C=O) groups is 1. The van der Waals surface area contributed by atoms with Crippen LogP contribution in [0.3, 0.4) is 0 Å². The molecule has 3 heteroatoms. The zero-order valence-corrected chi connectivity index (χ0v) is 12.3. The first-order chi connectivity index (χ1) is 8.82. The van der Waals surface area contributed by atoms with Crippen LogP contribution in [0.4, 0.5) is 0 Å². The van der Waals surface area contributed by atoms with Crippen molar-refractivity contribution in [3.63, 3.8) is 0 Å². The van der Waals surface area contributed by atoms with Crippen molar-refractivity contribution in [3.05, 3.63) is 22.3 Å².